The summed E-state index contributed by atoms with van der Waals surface area (Å²) in [6.07, 6.45) is 0.882. The molecule has 0 bridgehead atoms. The van der Waals surface area contributed by atoms with Crippen molar-refractivity contribution in [3.05, 3.63) is 34.9 Å². The normalized spacial score (nSPS) is 26.2. The molecular weight excluding hydrogens is 242 g/mol. The summed E-state index contributed by atoms with van der Waals surface area (Å²) in [7, 11) is 0. The molecule has 1 aromatic carbocycles. The Morgan fingerprint density at radius 3 is 2.65 bits per heavy atom. The molecule has 0 saturated carbocycles. The average Bonchev–Trinajstić information content (AvgIpc) is 2.74. The molecule has 2 rings (SSSR count). The van der Waals surface area contributed by atoms with Crippen molar-refractivity contribution in [2.75, 3.05) is 5.75 Å². The van der Waals surface area contributed by atoms with Gasteiger partial charge < -0.3 is 5.11 Å². The van der Waals surface area contributed by atoms with Crippen molar-refractivity contribution in [1.82, 2.24) is 0 Å². The number of rotatable bonds is 2. The number of aliphatic hydroxyl groups excluding tert-OH is 1. The van der Waals surface area contributed by atoms with Crippen molar-refractivity contribution in [1.29, 1.82) is 0 Å². The van der Waals surface area contributed by atoms with Crippen molar-refractivity contribution < 1.29 is 13.9 Å². The zero-order chi connectivity index (χ0) is 12.6. The molecule has 4 heteroatoms. The fourth-order valence-corrected chi connectivity index (χ4v) is 3.55. The molecule has 1 aromatic rings. The number of thioether (sulfide) groups is 1. The minimum Gasteiger partial charge on any atom is -0.387 e. The van der Waals surface area contributed by atoms with Crippen LogP contribution in [0.25, 0.3) is 0 Å². The third-order valence-electron chi connectivity index (χ3n) is 3.43. The Morgan fingerprint density at radius 1 is 1.35 bits per heavy atom. The topological polar surface area (TPSA) is 20.2 Å². The van der Waals surface area contributed by atoms with Crippen LogP contribution in [-0.2, 0) is 0 Å². The van der Waals surface area contributed by atoms with E-state index in [0.29, 0.717) is 0 Å². The van der Waals surface area contributed by atoms with E-state index in [-0.39, 0.29) is 11.1 Å². The van der Waals surface area contributed by atoms with Gasteiger partial charge in [0.25, 0.3) is 0 Å². The van der Waals surface area contributed by atoms with E-state index < -0.39 is 22.5 Å². The highest BCUT2D eigenvalue weighted by atomic mass is 32.2. The summed E-state index contributed by atoms with van der Waals surface area (Å²) in [4.78, 5) is 0. The quantitative estimate of drug-likeness (QED) is 0.874. The molecule has 2 atom stereocenters. The summed E-state index contributed by atoms with van der Waals surface area (Å²) in [5.74, 6) is -0.803. The second kappa shape index (κ2) is 4.58. The smallest absolute Gasteiger partial charge is 0.164 e. The minimum absolute atomic E-state index is 0.0741. The predicted octanol–water partition coefficient (Wildman–Crippen LogP) is 3.59. The number of aryl methyl sites for hydroxylation is 1. The van der Waals surface area contributed by atoms with E-state index in [1.165, 1.54) is 19.1 Å². The van der Waals surface area contributed by atoms with Crippen LogP contribution in [0.5, 0.6) is 0 Å². The SMILES string of the molecule is Cc1ccc(C(O)C2(C)CCCS2)c(F)c1F. The molecular formula is C13H16F2OS. The lowest BCUT2D eigenvalue weighted by Crippen LogP contribution is -2.27. The first-order chi connectivity index (χ1) is 7.96. The molecule has 2 unspecified atom stereocenters. The molecule has 0 spiro atoms. The van der Waals surface area contributed by atoms with E-state index >= 15 is 0 Å². The summed E-state index contributed by atoms with van der Waals surface area (Å²) < 4.78 is 26.9. The zero-order valence-electron chi connectivity index (χ0n) is 9.96. The maximum Gasteiger partial charge on any atom is 0.164 e. The number of hydrogen-bond acceptors (Lipinski definition) is 2. The van der Waals surface area contributed by atoms with Crippen LogP contribution in [0.2, 0.25) is 0 Å². The molecule has 1 saturated heterocycles. The van der Waals surface area contributed by atoms with Crippen molar-refractivity contribution >= 4 is 11.8 Å². The van der Waals surface area contributed by atoms with Crippen LogP contribution in [0.1, 0.15) is 37.0 Å². The van der Waals surface area contributed by atoms with Gasteiger partial charge in [-0.3, -0.25) is 0 Å². The Morgan fingerprint density at radius 2 is 2.06 bits per heavy atom. The summed E-state index contributed by atoms with van der Waals surface area (Å²) in [5, 5.41) is 10.2. The van der Waals surface area contributed by atoms with E-state index in [1.807, 2.05) is 6.92 Å². The van der Waals surface area contributed by atoms with Crippen molar-refractivity contribution in [3.63, 3.8) is 0 Å². The minimum atomic E-state index is -0.954. The second-order valence-electron chi connectivity index (χ2n) is 4.77. The van der Waals surface area contributed by atoms with Crippen LogP contribution < -0.4 is 0 Å². The highest BCUT2D eigenvalue weighted by Crippen LogP contribution is 2.47. The number of halogens is 2. The predicted molar refractivity (Wildman–Crippen MR) is 66.2 cm³/mol. The first kappa shape index (κ1) is 12.8. The van der Waals surface area contributed by atoms with Gasteiger partial charge in [-0.05, 0) is 38.0 Å². The van der Waals surface area contributed by atoms with Gasteiger partial charge in [0.15, 0.2) is 11.6 Å². The fourth-order valence-electron chi connectivity index (χ4n) is 2.22. The van der Waals surface area contributed by atoms with Crippen molar-refractivity contribution in [2.45, 2.75) is 37.5 Å². The summed E-state index contributed by atoms with van der Waals surface area (Å²) >= 11 is 1.63. The Bertz CT molecular complexity index is 428. The van der Waals surface area contributed by atoms with Gasteiger partial charge in [0, 0.05) is 10.3 Å². The first-order valence-electron chi connectivity index (χ1n) is 5.72. The summed E-state index contributed by atoms with van der Waals surface area (Å²) in [5.41, 5.74) is 0.340. The molecule has 1 aliphatic heterocycles. The van der Waals surface area contributed by atoms with Gasteiger partial charge in [-0.1, -0.05) is 12.1 Å². The monoisotopic (exact) mass is 258 g/mol. The third-order valence-corrected chi connectivity index (χ3v) is 5.01. The number of aliphatic hydroxyl groups is 1. The van der Waals surface area contributed by atoms with Crippen LogP contribution >= 0.6 is 11.8 Å². The maximum absolute atomic E-state index is 13.8. The molecule has 0 radical (unpaired) electrons. The molecule has 1 heterocycles. The highest BCUT2D eigenvalue weighted by Gasteiger charge is 2.39. The molecule has 1 aliphatic rings. The Balaban J connectivity index is 2.37. The lowest BCUT2D eigenvalue weighted by atomic mass is 9.92. The van der Waals surface area contributed by atoms with Crippen LogP contribution in [0.3, 0.4) is 0 Å². The van der Waals surface area contributed by atoms with Gasteiger partial charge in [0.1, 0.15) is 0 Å². The fraction of sp³-hybridized carbons (Fsp3) is 0.538. The van der Waals surface area contributed by atoms with Gasteiger partial charge in [0.05, 0.1) is 6.10 Å². The molecule has 17 heavy (non-hydrogen) atoms. The van der Waals surface area contributed by atoms with Crippen LogP contribution in [0, 0.1) is 18.6 Å². The molecule has 1 N–H and O–H groups in total. The third kappa shape index (κ3) is 2.20. The van der Waals surface area contributed by atoms with Gasteiger partial charge in [-0.15, -0.1) is 0 Å². The van der Waals surface area contributed by atoms with Gasteiger partial charge >= 0.3 is 0 Å². The van der Waals surface area contributed by atoms with E-state index in [2.05, 4.69) is 0 Å². The van der Waals surface area contributed by atoms with Crippen molar-refractivity contribution in [2.24, 2.45) is 0 Å². The molecule has 0 aromatic heterocycles. The number of benzene rings is 1. The van der Waals surface area contributed by atoms with Crippen molar-refractivity contribution in [3.8, 4) is 0 Å². The zero-order valence-corrected chi connectivity index (χ0v) is 10.8. The van der Waals surface area contributed by atoms with Crippen LogP contribution in [-0.4, -0.2) is 15.6 Å². The largest absolute Gasteiger partial charge is 0.387 e. The van der Waals surface area contributed by atoms with Crippen LogP contribution in [0.15, 0.2) is 12.1 Å². The first-order valence-corrected chi connectivity index (χ1v) is 6.71. The number of hydrogen-bond donors (Lipinski definition) is 1. The second-order valence-corrected chi connectivity index (χ2v) is 6.40. The summed E-state index contributed by atoms with van der Waals surface area (Å²) in [6, 6.07) is 3.00. The molecule has 94 valence electrons. The van der Waals surface area contributed by atoms with E-state index in [1.54, 1.807) is 11.8 Å². The van der Waals surface area contributed by atoms with E-state index in [9.17, 15) is 13.9 Å². The summed E-state index contributed by atoms with van der Waals surface area (Å²) in [6.45, 7) is 3.42. The van der Waals surface area contributed by atoms with Gasteiger partial charge in [-0.25, -0.2) is 8.78 Å². The van der Waals surface area contributed by atoms with Gasteiger partial charge in [0.2, 0.25) is 0 Å². The highest BCUT2D eigenvalue weighted by molar-refractivity contribution is 8.00. The van der Waals surface area contributed by atoms with E-state index in [4.69, 9.17) is 0 Å². The Kier molecular flexibility index (Phi) is 3.46. The molecule has 1 fully saturated rings. The van der Waals surface area contributed by atoms with Gasteiger partial charge in [-0.2, -0.15) is 11.8 Å². The lowest BCUT2D eigenvalue weighted by Gasteiger charge is -2.29. The average molecular weight is 258 g/mol. The standard InChI is InChI=1S/C13H16F2OS/c1-8-4-5-9(11(15)10(8)14)12(16)13(2)6-3-7-17-13/h4-5,12,16H,3,6-7H2,1-2H3. The molecule has 1 nitrogen and oxygen atoms in total. The van der Waals surface area contributed by atoms with Crippen LogP contribution in [0.4, 0.5) is 8.78 Å². The molecule has 0 amide bonds. The Labute approximate surface area is 104 Å². The lowest BCUT2D eigenvalue weighted by molar-refractivity contribution is 0.130. The maximum atomic E-state index is 13.8. The van der Waals surface area contributed by atoms with E-state index in [0.717, 1.165) is 18.6 Å². The molecule has 0 aliphatic carbocycles. The Hall–Kier alpha value is -0.610.